The van der Waals surface area contributed by atoms with Crippen molar-refractivity contribution in [3.8, 4) is 0 Å². The summed E-state index contributed by atoms with van der Waals surface area (Å²) in [6.07, 6.45) is -0.559. The Kier molecular flexibility index (Phi) is 10.2. The van der Waals surface area contributed by atoms with Crippen molar-refractivity contribution in [3.05, 3.63) is 0 Å². The van der Waals surface area contributed by atoms with Crippen LogP contribution in [0.1, 0.15) is 41.0 Å². The third-order valence-electron chi connectivity index (χ3n) is 3.63. The minimum absolute atomic E-state index is 0.0236. The summed E-state index contributed by atoms with van der Waals surface area (Å²) in [6.45, 7) is 8.60. The molecule has 8 heteroatoms. The van der Waals surface area contributed by atoms with Gasteiger partial charge in [-0.2, -0.15) is 0 Å². The molecule has 1 unspecified atom stereocenters. The van der Waals surface area contributed by atoms with E-state index in [9.17, 15) is 19.8 Å². The van der Waals surface area contributed by atoms with E-state index in [2.05, 4.69) is 10.6 Å². The number of aliphatic hydroxyl groups is 3. The van der Waals surface area contributed by atoms with Crippen LogP contribution in [-0.2, 0) is 14.3 Å². The first-order chi connectivity index (χ1) is 11.4. The average molecular weight is 362 g/mol. The first-order valence-electron chi connectivity index (χ1n) is 8.51. The van der Waals surface area contributed by atoms with Crippen molar-refractivity contribution in [1.82, 2.24) is 10.6 Å². The van der Waals surface area contributed by atoms with Gasteiger partial charge in [0.05, 0.1) is 37.4 Å². The smallest absolute Gasteiger partial charge is 0.228 e. The Labute approximate surface area is 149 Å². The minimum Gasteiger partial charge on any atom is -0.394 e. The molecule has 0 spiro atoms. The van der Waals surface area contributed by atoms with Crippen LogP contribution in [0.15, 0.2) is 0 Å². The molecule has 0 saturated carbocycles. The number of hydrogen-bond acceptors (Lipinski definition) is 6. The van der Waals surface area contributed by atoms with Crippen molar-refractivity contribution in [2.45, 2.75) is 53.2 Å². The lowest BCUT2D eigenvalue weighted by Gasteiger charge is -2.25. The fourth-order valence-corrected chi connectivity index (χ4v) is 1.74. The van der Waals surface area contributed by atoms with E-state index in [0.717, 1.165) is 0 Å². The number of amides is 2. The first-order valence-corrected chi connectivity index (χ1v) is 8.51. The zero-order valence-corrected chi connectivity index (χ0v) is 16.0. The molecule has 5 N–H and O–H groups in total. The average Bonchev–Trinajstić information content (AvgIpc) is 2.53. The van der Waals surface area contributed by atoms with Gasteiger partial charge >= 0.3 is 0 Å². The van der Waals surface area contributed by atoms with Crippen LogP contribution in [0.4, 0.5) is 0 Å². The number of nitrogens with one attached hydrogen (secondary N) is 2. The van der Waals surface area contributed by atoms with Gasteiger partial charge in [-0.1, -0.05) is 20.8 Å². The van der Waals surface area contributed by atoms with Crippen LogP contribution in [0.3, 0.4) is 0 Å². The number of carbonyl (C=O) groups excluding carboxylic acids is 2. The van der Waals surface area contributed by atoms with Gasteiger partial charge < -0.3 is 30.7 Å². The number of ether oxygens (including phenoxy) is 1. The molecule has 0 aromatic heterocycles. The second-order valence-corrected chi connectivity index (χ2v) is 7.87. The summed E-state index contributed by atoms with van der Waals surface area (Å²) in [5.41, 5.74) is -1.34. The summed E-state index contributed by atoms with van der Waals surface area (Å²) in [5.74, 6) is -0.437. The first kappa shape index (κ1) is 23.8. The Morgan fingerprint density at radius 3 is 2.12 bits per heavy atom. The lowest BCUT2D eigenvalue weighted by molar-refractivity contribution is -0.133. The van der Waals surface area contributed by atoms with Crippen molar-refractivity contribution in [2.75, 3.05) is 33.0 Å². The number of aliphatic hydroxyl groups excluding tert-OH is 3. The van der Waals surface area contributed by atoms with Crippen LogP contribution in [0.5, 0.6) is 0 Å². The fourth-order valence-electron chi connectivity index (χ4n) is 1.74. The predicted octanol–water partition coefficient (Wildman–Crippen LogP) is -0.588. The molecule has 0 aromatic carbocycles. The van der Waals surface area contributed by atoms with Gasteiger partial charge in [-0.3, -0.25) is 9.59 Å². The molecule has 0 aliphatic carbocycles. The molecule has 0 aliphatic heterocycles. The number of rotatable bonds is 11. The second kappa shape index (κ2) is 10.7. The van der Waals surface area contributed by atoms with Gasteiger partial charge in [0.2, 0.25) is 11.8 Å². The molecule has 2 atom stereocenters. The summed E-state index contributed by atoms with van der Waals surface area (Å²) >= 11 is 0. The second-order valence-electron chi connectivity index (χ2n) is 7.87. The van der Waals surface area contributed by atoms with Crippen molar-refractivity contribution in [3.63, 3.8) is 0 Å². The van der Waals surface area contributed by atoms with Gasteiger partial charge in [0.1, 0.15) is 0 Å². The van der Waals surface area contributed by atoms with E-state index >= 15 is 0 Å². The van der Waals surface area contributed by atoms with E-state index in [1.807, 2.05) is 0 Å². The molecule has 0 radical (unpaired) electrons. The Morgan fingerprint density at radius 1 is 1.04 bits per heavy atom. The molecule has 0 fully saturated rings. The van der Waals surface area contributed by atoms with Gasteiger partial charge in [-0.25, -0.2) is 0 Å². The molecule has 2 amide bonds. The molecule has 0 aliphatic rings. The molecular formula is C17H34N2O6. The van der Waals surface area contributed by atoms with E-state index in [1.54, 1.807) is 34.6 Å². The van der Waals surface area contributed by atoms with Crippen LogP contribution in [0, 0.1) is 10.8 Å². The largest absolute Gasteiger partial charge is 0.394 e. The summed E-state index contributed by atoms with van der Waals surface area (Å²) in [7, 11) is 0. The molecule has 25 heavy (non-hydrogen) atoms. The van der Waals surface area contributed by atoms with Gasteiger partial charge in [0.25, 0.3) is 0 Å². The Morgan fingerprint density at radius 2 is 1.64 bits per heavy atom. The lowest BCUT2D eigenvalue weighted by atomic mass is 9.93. The fraction of sp³-hybridized carbons (Fsp3) is 0.882. The summed E-state index contributed by atoms with van der Waals surface area (Å²) in [5, 5.41) is 32.7. The van der Waals surface area contributed by atoms with Gasteiger partial charge in [0, 0.05) is 18.6 Å². The van der Waals surface area contributed by atoms with Gasteiger partial charge in [-0.05, 0) is 20.3 Å². The highest BCUT2D eigenvalue weighted by molar-refractivity contribution is 5.82. The molecule has 0 bridgehead atoms. The highest BCUT2D eigenvalue weighted by Crippen LogP contribution is 2.16. The Hall–Kier alpha value is -1.22. The number of carbonyl (C=O) groups is 2. The van der Waals surface area contributed by atoms with Crippen LogP contribution in [-0.4, -0.2) is 72.3 Å². The maximum atomic E-state index is 12.0. The van der Waals surface area contributed by atoms with Crippen molar-refractivity contribution >= 4 is 11.8 Å². The third kappa shape index (κ3) is 9.74. The molecule has 8 nitrogen and oxygen atoms in total. The highest BCUT2D eigenvalue weighted by Gasteiger charge is 2.28. The van der Waals surface area contributed by atoms with E-state index in [1.165, 1.54) is 0 Å². The zero-order valence-electron chi connectivity index (χ0n) is 16.0. The molecule has 0 heterocycles. The van der Waals surface area contributed by atoms with Gasteiger partial charge in [-0.15, -0.1) is 0 Å². The minimum atomic E-state index is -0.989. The molecule has 148 valence electrons. The van der Waals surface area contributed by atoms with Crippen molar-refractivity contribution < 1.29 is 29.6 Å². The van der Waals surface area contributed by atoms with E-state index in [-0.39, 0.29) is 38.2 Å². The maximum Gasteiger partial charge on any atom is 0.228 e. The third-order valence-corrected chi connectivity index (χ3v) is 3.63. The number of hydrogen-bond donors (Lipinski definition) is 5. The van der Waals surface area contributed by atoms with Crippen LogP contribution in [0.25, 0.3) is 0 Å². The quantitative estimate of drug-likeness (QED) is 0.313. The summed E-state index contributed by atoms with van der Waals surface area (Å²) < 4.78 is 5.52. The molecular weight excluding hydrogens is 328 g/mol. The van der Waals surface area contributed by atoms with Crippen LogP contribution < -0.4 is 10.6 Å². The molecule has 0 saturated heterocycles. The standard InChI is InChI=1S/C17H34N2O6/c1-16(2,3)14(23)19-12(9-20)6-7-25-11-17(4,5)15(24)18-8-13(22)10-21/h12-13,20-22H,6-11H2,1-5H3,(H,18,24)(H,19,23)/t12?,13-/m1/s1. The summed E-state index contributed by atoms with van der Waals surface area (Å²) in [4.78, 5) is 24.0. The van der Waals surface area contributed by atoms with Crippen molar-refractivity contribution in [2.24, 2.45) is 10.8 Å². The zero-order chi connectivity index (χ0) is 19.7. The highest BCUT2D eigenvalue weighted by atomic mass is 16.5. The van der Waals surface area contributed by atoms with Crippen LogP contribution >= 0.6 is 0 Å². The monoisotopic (exact) mass is 362 g/mol. The normalized spacial score (nSPS) is 14.7. The molecule has 0 aromatic rings. The maximum absolute atomic E-state index is 12.0. The van der Waals surface area contributed by atoms with E-state index in [4.69, 9.17) is 9.84 Å². The predicted molar refractivity (Wildman–Crippen MR) is 93.8 cm³/mol. The Balaban J connectivity index is 4.22. The topological polar surface area (TPSA) is 128 Å². The summed E-state index contributed by atoms with van der Waals surface area (Å²) in [6, 6.07) is -0.400. The Bertz CT molecular complexity index is 420. The van der Waals surface area contributed by atoms with Crippen LogP contribution in [0.2, 0.25) is 0 Å². The SMILES string of the molecule is CC(C)(C)C(=O)NC(CO)CCOCC(C)(C)C(=O)NC[C@@H](O)CO. The molecule has 0 rings (SSSR count). The van der Waals surface area contributed by atoms with Crippen molar-refractivity contribution in [1.29, 1.82) is 0 Å². The van der Waals surface area contributed by atoms with E-state index < -0.39 is 29.6 Å². The lowest BCUT2D eigenvalue weighted by Crippen LogP contribution is -2.45. The van der Waals surface area contributed by atoms with Gasteiger partial charge in [0.15, 0.2) is 0 Å². The van der Waals surface area contributed by atoms with E-state index in [0.29, 0.717) is 6.42 Å².